The summed E-state index contributed by atoms with van der Waals surface area (Å²) in [7, 11) is -0.760. The van der Waals surface area contributed by atoms with Gasteiger partial charge in [-0.25, -0.2) is 22.8 Å². The van der Waals surface area contributed by atoms with Crippen molar-refractivity contribution in [3.63, 3.8) is 0 Å². The fourth-order valence-corrected chi connectivity index (χ4v) is 7.09. The normalized spacial score (nSPS) is 21.4. The molecule has 0 aliphatic carbocycles. The van der Waals surface area contributed by atoms with Crippen LogP contribution in [-0.4, -0.2) is 84.5 Å². The largest absolute Gasteiger partial charge is 0.494 e. The van der Waals surface area contributed by atoms with Crippen LogP contribution in [0.3, 0.4) is 0 Å². The third-order valence-electron chi connectivity index (χ3n) is 7.16. The van der Waals surface area contributed by atoms with Crippen molar-refractivity contribution < 1.29 is 31.8 Å². The lowest BCUT2D eigenvalue weighted by atomic mass is 10.1. The molecule has 0 radical (unpaired) electrons. The molecule has 0 N–H and O–H groups in total. The number of rotatable bonds is 10. The second-order valence-electron chi connectivity index (χ2n) is 10.4. The van der Waals surface area contributed by atoms with E-state index in [0.29, 0.717) is 36.2 Å². The molecule has 222 valence electrons. The van der Waals surface area contributed by atoms with Crippen molar-refractivity contribution in [2.24, 2.45) is 0 Å². The molecule has 0 bridgehead atoms. The van der Waals surface area contributed by atoms with Gasteiger partial charge >= 0.3 is 0 Å². The van der Waals surface area contributed by atoms with Gasteiger partial charge in [-0.1, -0.05) is 6.07 Å². The highest BCUT2D eigenvalue weighted by atomic mass is 32.2. The summed E-state index contributed by atoms with van der Waals surface area (Å²) in [6, 6.07) is 5.33. The molecule has 0 spiro atoms. The van der Waals surface area contributed by atoms with Crippen molar-refractivity contribution in [3.05, 3.63) is 48.1 Å². The number of anilines is 1. The Morgan fingerprint density at radius 2 is 1.80 bits per heavy atom. The SMILES string of the molecule is COc1cccc(OC)c1-n1c(CS(=O)(=O)[C@@H]2C[C@@H](OC(C)C)CN(c3ncc(F)cn3)C2)nnc1[C@H]1CCCO1. The van der Waals surface area contributed by atoms with E-state index in [0.717, 1.165) is 25.2 Å². The summed E-state index contributed by atoms with van der Waals surface area (Å²) >= 11 is 0. The number of piperidine rings is 1. The first-order chi connectivity index (χ1) is 19.7. The average molecular weight is 591 g/mol. The van der Waals surface area contributed by atoms with Crippen molar-refractivity contribution in [3.8, 4) is 17.2 Å². The van der Waals surface area contributed by atoms with Crippen molar-refractivity contribution >= 4 is 15.8 Å². The number of benzene rings is 1. The number of aromatic nitrogens is 5. The second-order valence-corrected chi connectivity index (χ2v) is 12.7. The zero-order valence-corrected chi connectivity index (χ0v) is 24.4. The van der Waals surface area contributed by atoms with Crippen LogP contribution in [-0.2, 0) is 25.1 Å². The molecule has 2 aliphatic rings. The predicted octanol–water partition coefficient (Wildman–Crippen LogP) is 3.05. The van der Waals surface area contributed by atoms with Crippen LogP contribution >= 0.6 is 0 Å². The van der Waals surface area contributed by atoms with E-state index in [2.05, 4.69) is 20.2 Å². The topological polar surface area (TPSA) is 131 Å². The van der Waals surface area contributed by atoms with E-state index in [-0.39, 0.29) is 36.9 Å². The van der Waals surface area contributed by atoms with Gasteiger partial charge in [-0.15, -0.1) is 10.2 Å². The Balaban J connectivity index is 1.52. The van der Waals surface area contributed by atoms with Crippen LogP contribution in [0.2, 0.25) is 0 Å². The zero-order valence-electron chi connectivity index (χ0n) is 23.6. The Hall–Kier alpha value is -3.36. The van der Waals surface area contributed by atoms with E-state index in [4.69, 9.17) is 18.9 Å². The maximum Gasteiger partial charge on any atom is 0.225 e. The average Bonchev–Trinajstić information content (AvgIpc) is 3.62. The Morgan fingerprint density at radius 3 is 2.41 bits per heavy atom. The number of hydrogen-bond acceptors (Lipinski definition) is 11. The highest BCUT2D eigenvalue weighted by molar-refractivity contribution is 7.91. The minimum Gasteiger partial charge on any atom is -0.494 e. The van der Waals surface area contributed by atoms with Gasteiger partial charge in [0.05, 0.1) is 44.1 Å². The van der Waals surface area contributed by atoms with Crippen LogP contribution in [0.25, 0.3) is 5.69 Å². The lowest BCUT2D eigenvalue weighted by Gasteiger charge is -2.38. The first-order valence-corrected chi connectivity index (χ1v) is 15.3. The van der Waals surface area contributed by atoms with E-state index in [1.165, 1.54) is 14.2 Å². The molecule has 2 aliphatic heterocycles. The maximum absolute atomic E-state index is 14.1. The monoisotopic (exact) mass is 590 g/mol. The molecule has 41 heavy (non-hydrogen) atoms. The summed E-state index contributed by atoms with van der Waals surface area (Å²) in [5.41, 5.74) is 0.504. The molecular formula is C27H35FN6O6S. The maximum atomic E-state index is 14.1. The smallest absolute Gasteiger partial charge is 0.225 e. The van der Waals surface area contributed by atoms with Gasteiger partial charge in [-0.2, -0.15) is 0 Å². The van der Waals surface area contributed by atoms with Crippen LogP contribution in [0, 0.1) is 5.82 Å². The number of ether oxygens (including phenoxy) is 4. The molecule has 1 aromatic carbocycles. The molecule has 0 amide bonds. The number of halogens is 1. The standard InChI is InChI=1S/C27H35FN6O6S/c1-17(2)40-19-11-20(15-33(14-19)27-29-12-18(28)13-30-27)41(35,36)16-24-31-32-26(23-9-6-10-39-23)34(24)25-21(37-3)7-5-8-22(25)38-4/h5,7-8,12-13,17,19-20,23H,6,9-11,14-16H2,1-4H3/t19-,20-,23-/m1/s1. The van der Waals surface area contributed by atoms with Gasteiger partial charge in [0.15, 0.2) is 27.3 Å². The number of hydrogen-bond donors (Lipinski definition) is 0. The van der Waals surface area contributed by atoms with Crippen molar-refractivity contribution in [1.29, 1.82) is 0 Å². The molecule has 4 heterocycles. The first-order valence-electron chi connectivity index (χ1n) is 13.6. The lowest BCUT2D eigenvalue weighted by molar-refractivity contribution is 0.00143. The number of para-hydroxylation sites is 1. The molecular weight excluding hydrogens is 555 g/mol. The summed E-state index contributed by atoms with van der Waals surface area (Å²) in [6.07, 6.45) is 3.13. The Labute approximate surface area is 238 Å². The molecule has 5 rings (SSSR count). The zero-order chi connectivity index (χ0) is 29.1. The molecule has 0 saturated carbocycles. The summed E-state index contributed by atoms with van der Waals surface area (Å²) < 4.78 is 66.6. The molecule has 2 saturated heterocycles. The van der Waals surface area contributed by atoms with Crippen LogP contribution in [0.5, 0.6) is 11.5 Å². The second kappa shape index (κ2) is 12.2. The summed E-state index contributed by atoms with van der Waals surface area (Å²) in [6.45, 7) is 4.87. The molecule has 2 fully saturated rings. The Bertz CT molecular complexity index is 1420. The third kappa shape index (κ3) is 6.28. The number of nitrogens with zero attached hydrogens (tertiary/aromatic N) is 6. The molecule has 3 aromatic rings. The molecule has 14 heteroatoms. The molecule has 12 nitrogen and oxygen atoms in total. The summed E-state index contributed by atoms with van der Waals surface area (Å²) in [5.74, 6) is 0.931. The summed E-state index contributed by atoms with van der Waals surface area (Å²) in [5, 5.41) is 7.93. The van der Waals surface area contributed by atoms with Crippen LogP contribution < -0.4 is 14.4 Å². The van der Waals surface area contributed by atoms with Gasteiger partial charge in [0.2, 0.25) is 5.95 Å². The van der Waals surface area contributed by atoms with E-state index >= 15 is 0 Å². The Morgan fingerprint density at radius 1 is 1.10 bits per heavy atom. The third-order valence-corrected chi connectivity index (χ3v) is 9.18. The van der Waals surface area contributed by atoms with E-state index in [1.807, 2.05) is 13.8 Å². The molecule has 0 unspecified atom stereocenters. The van der Waals surface area contributed by atoms with Gasteiger partial charge in [0, 0.05) is 19.7 Å². The highest BCUT2D eigenvalue weighted by Crippen LogP contribution is 2.38. The van der Waals surface area contributed by atoms with Crippen molar-refractivity contribution in [2.45, 2.75) is 62.4 Å². The first kappa shape index (κ1) is 29.1. The van der Waals surface area contributed by atoms with Crippen LogP contribution in [0.15, 0.2) is 30.6 Å². The molecule has 3 atom stereocenters. The Kier molecular flexibility index (Phi) is 8.71. The van der Waals surface area contributed by atoms with Gasteiger partial charge < -0.3 is 23.8 Å². The molecule has 2 aromatic heterocycles. The van der Waals surface area contributed by atoms with Gasteiger partial charge in [0.25, 0.3) is 0 Å². The number of methoxy groups -OCH3 is 2. The van der Waals surface area contributed by atoms with E-state index in [1.54, 1.807) is 27.7 Å². The van der Waals surface area contributed by atoms with Gasteiger partial charge in [-0.3, -0.25) is 4.57 Å². The van der Waals surface area contributed by atoms with Gasteiger partial charge in [0.1, 0.15) is 29.0 Å². The van der Waals surface area contributed by atoms with Crippen molar-refractivity contribution in [2.75, 3.05) is 38.8 Å². The number of sulfone groups is 1. The lowest BCUT2D eigenvalue weighted by Crippen LogP contribution is -2.51. The van der Waals surface area contributed by atoms with Crippen LogP contribution in [0.1, 0.15) is 50.9 Å². The fourth-order valence-electron chi connectivity index (χ4n) is 5.39. The minimum atomic E-state index is -3.83. The van der Waals surface area contributed by atoms with Crippen molar-refractivity contribution in [1.82, 2.24) is 24.7 Å². The fraction of sp³-hybridized carbons (Fsp3) is 0.556. The van der Waals surface area contributed by atoms with E-state index in [9.17, 15) is 12.8 Å². The quantitative estimate of drug-likeness (QED) is 0.345. The van der Waals surface area contributed by atoms with Crippen LogP contribution in [0.4, 0.5) is 10.3 Å². The van der Waals surface area contributed by atoms with E-state index < -0.39 is 32.8 Å². The summed E-state index contributed by atoms with van der Waals surface area (Å²) in [4.78, 5) is 9.88. The highest BCUT2D eigenvalue weighted by Gasteiger charge is 2.39. The van der Waals surface area contributed by atoms with Gasteiger partial charge in [-0.05, 0) is 45.2 Å². The minimum absolute atomic E-state index is 0.118. The predicted molar refractivity (Wildman–Crippen MR) is 148 cm³/mol.